The van der Waals surface area contributed by atoms with E-state index in [0.29, 0.717) is 6.04 Å². The average Bonchev–Trinajstić information content (AvgIpc) is 3.56. The Labute approximate surface area is 212 Å². The summed E-state index contributed by atoms with van der Waals surface area (Å²) in [7, 11) is 0. The maximum absolute atomic E-state index is 9.61. The SMILES string of the molecule is Cc1c(-c2ccccc2)cccc1-c1ccn2c(-c3ccc(CN4CCC[C@@H]4CO)cc3)cnc2c1. The third-order valence-corrected chi connectivity index (χ3v) is 7.59. The second kappa shape index (κ2) is 9.73. The number of aliphatic hydroxyl groups is 1. The lowest BCUT2D eigenvalue weighted by Gasteiger charge is -2.22. The summed E-state index contributed by atoms with van der Waals surface area (Å²) in [5.41, 5.74) is 10.6. The number of likely N-dealkylation sites (tertiary alicyclic amines) is 1. The van der Waals surface area contributed by atoms with Crippen LogP contribution in [0.3, 0.4) is 0 Å². The van der Waals surface area contributed by atoms with Crippen LogP contribution in [0, 0.1) is 6.92 Å². The minimum absolute atomic E-state index is 0.248. The number of hydrogen-bond donors (Lipinski definition) is 1. The van der Waals surface area contributed by atoms with Crippen LogP contribution >= 0.6 is 0 Å². The van der Waals surface area contributed by atoms with E-state index in [1.165, 1.54) is 39.8 Å². The number of rotatable bonds is 6. The maximum Gasteiger partial charge on any atom is 0.137 e. The Balaban J connectivity index is 1.28. The summed E-state index contributed by atoms with van der Waals surface area (Å²) < 4.78 is 2.16. The minimum atomic E-state index is 0.248. The van der Waals surface area contributed by atoms with E-state index in [2.05, 4.69) is 107 Å². The predicted molar refractivity (Wildman–Crippen MR) is 147 cm³/mol. The molecule has 0 spiro atoms. The zero-order chi connectivity index (χ0) is 24.5. The molecule has 0 saturated carbocycles. The van der Waals surface area contributed by atoms with Crippen molar-refractivity contribution in [3.05, 3.63) is 108 Å². The van der Waals surface area contributed by atoms with Gasteiger partial charge in [0.05, 0.1) is 18.5 Å². The zero-order valence-electron chi connectivity index (χ0n) is 20.6. The molecular weight excluding hydrogens is 442 g/mol. The fourth-order valence-electron chi connectivity index (χ4n) is 5.57. The number of pyridine rings is 1. The van der Waals surface area contributed by atoms with Crippen molar-refractivity contribution in [1.29, 1.82) is 0 Å². The molecule has 1 N–H and O–H groups in total. The quantitative estimate of drug-likeness (QED) is 0.302. The van der Waals surface area contributed by atoms with Crippen LogP contribution in [0.25, 0.3) is 39.2 Å². The standard InChI is InChI=1S/C32H31N3O/c1-23-29(25-7-3-2-4-8-25)10-5-11-30(23)27-16-18-35-31(20-33-32(35)19-27)26-14-12-24(13-15-26)21-34-17-6-9-28(34)22-36/h2-5,7-8,10-16,18-20,28,36H,6,9,17,21-22H2,1H3/t28-/m1/s1. The van der Waals surface area contributed by atoms with Gasteiger partial charge >= 0.3 is 0 Å². The molecule has 5 aromatic rings. The third kappa shape index (κ3) is 4.23. The van der Waals surface area contributed by atoms with Crippen LogP contribution in [-0.2, 0) is 6.54 Å². The largest absolute Gasteiger partial charge is 0.395 e. The van der Waals surface area contributed by atoms with Gasteiger partial charge in [-0.15, -0.1) is 0 Å². The molecule has 3 aromatic carbocycles. The highest BCUT2D eigenvalue weighted by Crippen LogP contribution is 2.33. The molecule has 0 bridgehead atoms. The summed E-state index contributed by atoms with van der Waals surface area (Å²) in [6, 6.07) is 30.5. The molecule has 6 rings (SSSR count). The number of benzene rings is 3. The van der Waals surface area contributed by atoms with Gasteiger partial charge in [0.15, 0.2) is 0 Å². The van der Waals surface area contributed by atoms with Gasteiger partial charge in [-0.2, -0.15) is 0 Å². The van der Waals surface area contributed by atoms with Crippen molar-refractivity contribution in [2.45, 2.75) is 32.4 Å². The molecule has 1 fully saturated rings. The molecule has 4 heteroatoms. The molecule has 180 valence electrons. The number of fused-ring (bicyclic) bond motifs is 1. The van der Waals surface area contributed by atoms with E-state index in [4.69, 9.17) is 4.98 Å². The van der Waals surface area contributed by atoms with E-state index in [0.717, 1.165) is 36.4 Å². The normalized spacial score (nSPS) is 16.1. The Kier molecular flexibility index (Phi) is 6.14. The van der Waals surface area contributed by atoms with Crippen LogP contribution in [0.5, 0.6) is 0 Å². The Bertz CT molecular complexity index is 1490. The van der Waals surface area contributed by atoms with Gasteiger partial charge < -0.3 is 5.11 Å². The molecule has 0 aliphatic carbocycles. The van der Waals surface area contributed by atoms with Crippen molar-refractivity contribution in [2.75, 3.05) is 13.2 Å². The van der Waals surface area contributed by atoms with Gasteiger partial charge in [-0.05, 0) is 71.8 Å². The summed E-state index contributed by atoms with van der Waals surface area (Å²) in [4.78, 5) is 7.13. The van der Waals surface area contributed by atoms with Crippen molar-refractivity contribution >= 4 is 5.65 Å². The summed E-state index contributed by atoms with van der Waals surface area (Å²) in [5, 5.41) is 9.61. The van der Waals surface area contributed by atoms with Crippen LogP contribution in [0.15, 0.2) is 97.3 Å². The molecule has 1 aliphatic heterocycles. The number of aromatic nitrogens is 2. The highest BCUT2D eigenvalue weighted by atomic mass is 16.3. The molecule has 4 nitrogen and oxygen atoms in total. The number of imidazole rings is 1. The molecule has 0 radical (unpaired) electrons. The third-order valence-electron chi connectivity index (χ3n) is 7.59. The summed E-state index contributed by atoms with van der Waals surface area (Å²) >= 11 is 0. The zero-order valence-corrected chi connectivity index (χ0v) is 20.6. The first-order valence-corrected chi connectivity index (χ1v) is 12.8. The van der Waals surface area contributed by atoms with Crippen LogP contribution in [0.1, 0.15) is 24.0 Å². The monoisotopic (exact) mass is 473 g/mol. The van der Waals surface area contributed by atoms with Crippen LogP contribution in [0.2, 0.25) is 0 Å². The molecule has 0 unspecified atom stereocenters. The Morgan fingerprint density at radius 3 is 2.42 bits per heavy atom. The van der Waals surface area contributed by atoms with E-state index in [1.807, 2.05) is 6.20 Å². The molecule has 1 atom stereocenters. The van der Waals surface area contributed by atoms with Crippen molar-refractivity contribution in [3.63, 3.8) is 0 Å². The lowest BCUT2D eigenvalue weighted by Crippen LogP contribution is -2.31. The molecular formula is C32H31N3O. The van der Waals surface area contributed by atoms with Crippen molar-refractivity contribution < 1.29 is 5.11 Å². The topological polar surface area (TPSA) is 40.8 Å². The fourth-order valence-corrected chi connectivity index (χ4v) is 5.57. The highest BCUT2D eigenvalue weighted by Gasteiger charge is 2.23. The van der Waals surface area contributed by atoms with E-state index in [-0.39, 0.29) is 6.61 Å². The Morgan fingerprint density at radius 2 is 1.64 bits per heavy atom. The first-order chi connectivity index (χ1) is 17.7. The lowest BCUT2D eigenvalue weighted by molar-refractivity contribution is 0.153. The first-order valence-electron chi connectivity index (χ1n) is 12.8. The second-order valence-electron chi connectivity index (χ2n) is 9.78. The first kappa shape index (κ1) is 22.7. The number of nitrogens with zero attached hydrogens (tertiary/aromatic N) is 3. The molecule has 36 heavy (non-hydrogen) atoms. The van der Waals surface area contributed by atoms with Crippen LogP contribution < -0.4 is 0 Å². The van der Waals surface area contributed by atoms with Crippen LogP contribution in [-0.4, -0.2) is 38.6 Å². The summed E-state index contributed by atoms with van der Waals surface area (Å²) in [5.74, 6) is 0. The van der Waals surface area contributed by atoms with E-state index < -0.39 is 0 Å². The van der Waals surface area contributed by atoms with E-state index >= 15 is 0 Å². The van der Waals surface area contributed by atoms with Crippen molar-refractivity contribution in [1.82, 2.24) is 14.3 Å². The van der Waals surface area contributed by atoms with Crippen molar-refractivity contribution in [3.8, 4) is 33.5 Å². The maximum atomic E-state index is 9.61. The van der Waals surface area contributed by atoms with Crippen LogP contribution in [0.4, 0.5) is 0 Å². The minimum Gasteiger partial charge on any atom is -0.395 e. The van der Waals surface area contributed by atoms with E-state index in [9.17, 15) is 5.11 Å². The Morgan fingerprint density at radius 1 is 0.861 bits per heavy atom. The van der Waals surface area contributed by atoms with Crippen molar-refractivity contribution in [2.24, 2.45) is 0 Å². The summed E-state index contributed by atoms with van der Waals surface area (Å²) in [6.07, 6.45) is 6.35. The van der Waals surface area contributed by atoms with E-state index in [1.54, 1.807) is 0 Å². The smallest absolute Gasteiger partial charge is 0.137 e. The van der Waals surface area contributed by atoms with Gasteiger partial charge in [0, 0.05) is 24.3 Å². The number of hydrogen-bond acceptors (Lipinski definition) is 3. The molecule has 3 heterocycles. The lowest BCUT2D eigenvalue weighted by atomic mass is 9.93. The molecule has 2 aromatic heterocycles. The second-order valence-corrected chi connectivity index (χ2v) is 9.78. The van der Waals surface area contributed by atoms with Gasteiger partial charge in [0.1, 0.15) is 5.65 Å². The number of aliphatic hydroxyl groups excluding tert-OH is 1. The average molecular weight is 474 g/mol. The predicted octanol–water partition coefficient (Wildman–Crippen LogP) is 6.60. The van der Waals surface area contributed by atoms with Gasteiger partial charge in [0.2, 0.25) is 0 Å². The van der Waals surface area contributed by atoms with Gasteiger partial charge in [-0.25, -0.2) is 4.98 Å². The van der Waals surface area contributed by atoms with Gasteiger partial charge in [-0.1, -0.05) is 72.8 Å². The van der Waals surface area contributed by atoms with Gasteiger partial charge in [-0.3, -0.25) is 9.30 Å². The fraction of sp³-hybridized carbons (Fsp3) is 0.219. The molecule has 1 aliphatic rings. The summed E-state index contributed by atoms with van der Waals surface area (Å²) in [6.45, 7) is 4.41. The molecule has 0 amide bonds. The molecule has 1 saturated heterocycles. The highest BCUT2D eigenvalue weighted by molar-refractivity contribution is 5.80. The Hall–Kier alpha value is -3.73. The van der Waals surface area contributed by atoms with Gasteiger partial charge in [0.25, 0.3) is 0 Å².